The van der Waals surface area contributed by atoms with E-state index in [0.717, 1.165) is 50.3 Å². The lowest BCUT2D eigenvalue weighted by molar-refractivity contribution is 0.246. The van der Waals surface area contributed by atoms with Crippen molar-refractivity contribution in [2.75, 3.05) is 36.2 Å². The predicted octanol–water partition coefficient (Wildman–Crippen LogP) is 5.88. The topological polar surface area (TPSA) is 82.2 Å². The van der Waals surface area contributed by atoms with E-state index in [1.165, 1.54) is 36.2 Å². The fourth-order valence-corrected chi connectivity index (χ4v) is 6.09. The second kappa shape index (κ2) is 11.2. The van der Waals surface area contributed by atoms with Crippen LogP contribution in [0.2, 0.25) is 0 Å². The highest BCUT2D eigenvalue weighted by molar-refractivity contribution is 9.11. The zero-order valence-corrected chi connectivity index (χ0v) is 22.7. The van der Waals surface area contributed by atoms with E-state index in [9.17, 15) is 9.18 Å². The summed E-state index contributed by atoms with van der Waals surface area (Å²) < 4.78 is 14.4. The van der Waals surface area contributed by atoms with Gasteiger partial charge in [0.1, 0.15) is 11.6 Å². The largest absolute Gasteiger partial charge is 0.362 e. The van der Waals surface area contributed by atoms with Crippen LogP contribution >= 0.6 is 31.9 Å². The maximum atomic E-state index is 13.4. The van der Waals surface area contributed by atoms with Gasteiger partial charge in [0.2, 0.25) is 5.95 Å². The van der Waals surface area contributed by atoms with Crippen LogP contribution in [0.1, 0.15) is 49.8 Å². The van der Waals surface area contributed by atoms with E-state index >= 15 is 0 Å². The van der Waals surface area contributed by atoms with Gasteiger partial charge in [-0.25, -0.2) is 14.2 Å². The standard InChI is InChI=1S/C24H31Br2FN6O/c1-33(2)22-17-5-3-4-6-20(17)30-23(32-22)29-16-9-7-14(8-10-16)13-28-24(34)31-21-18(25)11-15(27)12-19(21)26/h11-12,14,16H,3-10,13H2,1-2H3,(H2,28,31,34)(H,29,30,32). The number of fused-ring (bicyclic) bond motifs is 1. The lowest BCUT2D eigenvalue weighted by Crippen LogP contribution is -2.36. The van der Waals surface area contributed by atoms with Crippen LogP contribution in [0.3, 0.4) is 0 Å². The molecule has 3 N–H and O–H groups in total. The summed E-state index contributed by atoms with van der Waals surface area (Å²) in [4.78, 5) is 24.1. The highest BCUT2D eigenvalue weighted by atomic mass is 79.9. The van der Waals surface area contributed by atoms with Crippen molar-refractivity contribution in [2.24, 2.45) is 5.92 Å². The molecule has 2 aliphatic carbocycles. The maximum Gasteiger partial charge on any atom is 0.319 e. The van der Waals surface area contributed by atoms with Crippen LogP contribution < -0.4 is 20.9 Å². The number of hydrogen-bond donors (Lipinski definition) is 3. The second-order valence-corrected chi connectivity index (χ2v) is 11.0. The zero-order chi connectivity index (χ0) is 24.2. The van der Waals surface area contributed by atoms with Gasteiger partial charge in [-0.1, -0.05) is 0 Å². The van der Waals surface area contributed by atoms with E-state index in [1.807, 2.05) is 14.1 Å². The van der Waals surface area contributed by atoms with E-state index in [4.69, 9.17) is 9.97 Å². The zero-order valence-electron chi connectivity index (χ0n) is 19.6. The lowest BCUT2D eigenvalue weighted by atomic mass is 9.86. The van der Waals surface area contributed by atoms with Crippen molar-refractivity contribution in [3.63, 3.8) is 0 Å². The van der Waals surface area contributed by atoms with E-state index in [0.29, 0.717) is 33.1 Å². The normalized spacial score (nSPS) is 19.8. The van der Waals surface area contributed by atoms with Crippen LogP contribution in [0.4, 0.5) is 26.6 Å². The lowest BCUT2D eigenvalue weighted by Gasteiger charge is -2.30. The summed E-state index contributed by atoms with van der Waals surface area (Å²) in [5, 5.41) is 9.31. The molecule has 0 spiro atoms. The summed E-state index contributed by atoms with van der Waals surface area (Å²) in [6.45, 7) is 0.606. The molecule has 7 nitrogen and oxygen atoms in total. The number of urea groups is 1. The minimum absolute atomic E-state index is 0.299. The molecular weight excluding hydrogens is 567 g/mol. The number of amides is 2. The first-order chi connectivity index (χ1) is 16.3. The molecule has 1 saturated carbocycles. The van der Waals surface area contributed by atoms with Crippen LogP contribution in [0.25, 0.3) is 0 Å². The smallest absolute Gasteiger partial charge is 0.319 e. The molecule has 0 bridgehead atoms. The first-order valence-electron chi connectivity index (χ1n) is 11.8. The van der Waals surface area contributed by atoms with Crippen molar-refractivity contribution in [1.82, 2.24) is 15.3 Å². The van der Waals surface area contributed by atoms with Gasteiger partial charge in [-0.05, 0) is 101 Å². The van der Waals surface area contributed by atoms with Crippen molar-refractivity contribution in [3.05, 3.63) is 38.2 Å². The average molecular weight is 598 g/mol. The van der Waals surface area contributed by atoms with E-state index in [1.54, 1.807) is 0 Å². The molecule has 0 unspecified atom stereocenters. The van der Waals surface area contributed by atoms with Gasteiger partial charge in [0.05, 0.1) is 11.4 Å². The maximum absolute atomic E-state index is 13.4. The molecule has 1 aromatic heterocycles. The molecular formula is C24H31Br2FN6O. The van der Waals surface area contributed by atoms with Crippen LogP contribution in [-0.2, 0) is 12.8 Å². The molecule has 2 aliphatic rings. The molecule has 1 heterocycles. The summed E-state index contributed by atoms with van der Waals surface area (Å²) in [6.07, 6.45) is 8.56. The van der Waals surface area contributed by atoms with E-state index < -0.39 is 0 Å². The first kappa shape index (κ1) is 25.2. The Bertz CT molecular complexity index is 1020. The third-order valence-corrected chi connectivity index (χ3v) is 7.81. The van der Waals surface area contributed by atoms with Crippen LogP contribution in [0.5, 0.6) is 0 Å². The number of halogens is 3. The predicted molar refractivity (Wildman–Crippen MR) is 141 cm³/mol. The van der Waals surface area contributed by atoms with Crippen molar-refractivity contribution in [1.29, 1.82) is 0 Å². The number of carbonyl (C=O) groups excluding carboxylic acids is 1. The number of aryl methyl sites for hydroxylation is 1. The van der Waals surface area contributed by atoms with Gasteiger partial charge in [-0.15, -0.1) is 0 Å². The van der Waals surface area contributed by atoms with Crippen molar-refractivity contribution < 1.29 is 9.18 Å². The van der Waals surface area contributed by atoms with Crippen LogP contribution in [0.15, 0.2) is 21.1 Å². The van der Waals surface area contributed by atoms with Gasteiger partial charge < -0.3 is 20.9 Å². The molecule has 1 aromatic carbocycles. The number of anilines is 3. The van der Waals surface area contributed by atoms with Gasteiger partial charge in [-0.2, -0.15) is 4.98 Å². The molecule has 184 valence electrons. The highest BCUT2D eigenvalue weighted by Gasteiger charge is 2.24. The first-order valence-corrected chi connectivity index (χ1v) is 13.4. The summed E-state index contributed by atoms with van der Waals surface area (Å²) in [7, 11) is 4.09. The summed E-state index contributed by atoms with van der Waals surface area (Å²) >= 11 is 6.58. The minimum Gasteiger partial charge on any atom is -0.362 e. The molecule has 0 saturated heterocycles. The number of aromatic nitrogens is 2. The van der Waals surface area contributed by atoms with Crippen LogP contribution in [-0.4, -0.2) is 42.7 Å². The number of rotatable bonds is 6. The van der Waals surface area contributed by atoms with E-state index in [2.05, 4.69) is 52.7 Å². The Kier molecular flexibility index (Phi) is 8.29. The molecule has 4 rings (SSSR count). The summed E-state index contributed by atoms with van der Waals surface area (Å²) in [5.74, 6) is 1.82. The number of nitrogens with zero attached hydrogens (tertiary/aromatic N) is 3. The number of carbonyl (C=O) groups is 1. The minimum atomic E-state index is -0.381. The van der Waals surface area contributed by atoms with Crippen molar-refractivity contribution >= 4 is 55.3 Å². The monoisotopic (exact) mass is 596 g/mol. The van der Waals surface area contributed by atoms with Crippen molar-refractivity contribution in [2.45, 2.75) is 57.4 Å². The van der Waals surface area contributed by atoms with Crippen molar-refractivity contribution in [3.8, 4) is 0 Å². The number of hydrogen-bond acceptors (Lipinski definition) is 5. The Morgan fingerprint density at radius 1 is 1.09 bits per heavy atom. The Labute approximate surface area is 216 Å². The second-order valence-electron chi connectivity index (χ2n) is 9.34. The molecule has 0 aliphatic heterocycles. The highest BCUT2D eigenvalue weighted by Crippen LogP contribution is 2.32. The average Bonchev–Trinajstić information content (AvgIpc) is 2.80. The van der Waals surface area contributed by atoms with Crippen LogP contribution in [0, 0.1) is 11.7 Å². The fourth-order valence-electron chi connectivity index (χ4n) is 4.76. The molecule has 34 heavy (non-hydrogen) atoms. The Hall–Kier alpha value is -1.94. The quantitative estimate of drug-likeness (QED) is 0.387. The van der Waals surface area contributed by atoms with Gasteiger partial charge in [0.25, 0.3) is 0 Å². The summed E-state index contributed by atoms with van der Waals surface area (Å²) in [5.41, 5.74) is 3.00. The number of benzene rings is 1. The van der Waals surface area contributed by atoms with E-state index in [-0.39, 0.29) is 11.8 Å². The Morgan fingerprint density at radius 3 is 2.44 bits per heavy atom. The SMILES string of the molecule is CN(C)c1nc(NC2CCC(CNC(=O)Nc3c(Br)cc(F)cc3Br)CC2)nc2c1CCCC2. The van der Waals surface area contributed by atoms with Gasteiger partial charge in [-0.3, -0.25) is 0 Å². The van der Waals surface area contributed by atoms with Gasteiger partial charge >= 0.3 is 6.03 Å². The molecule has 10 heteroatoms. The van der Waals surface area contributed by atoms with Gasteiger partial charge in [0.15, 0.2) is 0 Å². The fraction of sp³-hybridized carbons (Fsp3) is 0.542. The third kappa shape index (κ3) is 6.19. The Morgan fingerprint density at radius 2 is 1.76 bits per heavy atom. The molecule has 2 aromatic rings. The summed E-state index contributed by atoms with van der Waals surface area (Å²) in [6, 6.07) is 2.69. The molecule has 2 amide bonds. The molecule has 0 radical (unpaired) electrons. The molecule has 1 fully saturated rings. The molecule has 0 atom stereocenters. The van der Waals surface area contributed by atoms with Gasteiger partial charge in [0, 0.05) is 41.2 Å². The number of nitrogens with one attached hydrogen (secondary N) is 3. The third-order valence-electron chi connectivity index (χ3n) is 6.56. The Balaban J connectivity index is 1.26.